The number of fused-ring (bicyclic) bond motifs is 1. The number of aromatic nitrogens is 4. The second-order valence-electron chi connectivity index (χ2n) is 8.22. The Morgan fingerprint density at radius 1 is 1.23 bits per heavy atom. The molecule has 2 heterocycles. The van der Waals surface area contributed by atoms with Crippen LogP contribution in [0.25, 0.3) is 11.2 Å². The molecule has 1 amide bonds. The maximum Gasteiger partial charge on any atom is 0.330 e. The average Bonchev–Trinajstić information content (AvgIpc) is 3.02. The number of ether oxygens (including phenoxy) is 1. The Balaban J connectivity index is 2.34. The highest BCUT2D eigenvalue weighted by Gasteiger charge is 2.20. The number of amides is 1. The SMILES string of the molecule is CCCCn1c(=O)[nH]c(=O)c2c1nc(CCC(=O)NC(C)CCOC)n2CC(C)C. The van der Waals surface area contributed by atoms with E-state index in [1.54, 1.807) is 7.11 Å². The van der Waals surface area contributed by atoms with Gasteiger partial charge in [-0.15, -0.1) is 0 Å². The molecule has 2 rings (SSSR count). The number of imidazole rings is 1. The van der Waals surface area contributed by atoms with Gasteiger partial charge in [-0.3, -0.25) is 19.1 Å². The Hall–Kier alpha value is -2.42. The van der Waals surface area contributed by atoms with E-state index in [1.165, 1.54) is 4.57 Å². The number of aromatic amines is 1. The van der Waals surface area contributed by atoms with E-state index < -0.39 is 11.2 Å². The molecule has 168 valence electrons. The molecule has 0 radical (unpaired) electrons. The van der Waals surface area contributed by atoms with Crippen LogP contribution in [0.1, 0.15) is 59.2 Å². The minimum Gasteiger partial charge on any atom is -0.385 e. The van der Waals surface area contributed by atoms with Gasteiger partial charge in [-0.05, 0) is 25.7 Å². The van der Waals surface area contributed by atoms with Crippen molar-refractivity contribution in [3.63, 3.8) is 0 Å². The Kier molecular flexibility index (Phi) is 8.83. The number of hydrogen-bond donors (Lipinski definition) is 2. The minimum absolute atomic E-state index is 0.0222. The molecule has 0 aromatic carbocycles. The summed E-state index contributed by atoms with van der Waals surface area (Å²) in [5, 5.41) is 2.96. The van der Waals surface area contributed by atoms with Crippen LogP contribution in [0, 0.1) is 5.92 Å². The second kappa shape index (κ2) is 11.1. The summed E-state index contributed by atoms with van der Waals surface area (Å²) in [6.45, 7) is 9.77. The first kappa shape index (κ1) is 23.9. The van der Waals surface area contributed by atoms with Gasteiger partial charge in [0.1, 0.15) is 5.82 Å². The largest absolute Gasteiger partial charge is 0.385 e. The number of aryl methyl sites for hydroxylation is 2. The van der Waals surface area contributed by atoms with Gasteiger partial charge in [0.05, 0.1) is 0 Å². The van der Waals surface area contributed by atoms with E-state index in [9.17, 15) is 14.4 Å². The Labute approximate surface area is 176 Å². The summed E-state index contributed by atoms with van der Waals surface area (Å²) in [4.78, 5) is 44.4. The summed E-state index contributed by atoms with van der Waals surface area (Å²) in [6, 6.07) is 0.0222. The van der Waals surface area contributed by atoms with Gasteiger partial charge in [-0.1, -0.05) is 27.2 Å². The molecule has 0 saturated carbocycles. The lowest BCUT2D eigenvalue weighted by atomic mass is 10.2. The molecular formula is C21H35N5O4. The first-order chi connectivity index (χ1) is 14.3. The van der Waals surface area contributed by atoms with Crippen molar-refractivity contribution in [2.75, 3.05) is 13.7 Å². The van der Waals surface area contributed by atoms with Crippen LogP contribution in [-0.2, 0) is 29.0 Å². The predicted molar refractivity (Wildman–Crippen MR) is 117 cm³/mol. The number of nitrogens with one attached hydrogen (secondary N) is 2. The fraction of sp³-hybridized carbons (Fsp3) is 0.714. The molecule has 1 unspecified atom stereocenters. The maximum atomic E-state index is 12.6. The number of nitrogens with zero attached hydrogens (tertiary/aromatic N) is 3. The summed E-state index contributed by atoms with van der Waals surface area (Å²) in [6.07, 6.45) is 3.14. The number of unbranched alkanes of at least 4 members (excludes halogenated alkanes) is 1. The maximum absolute atomic E-state index is 12.6. The van der Waals surface area contributed by atoms with Gasteiger partial charge >= 0.3 is 5.69 Å². The zero-order valence-corrected chi connectivity index (χ0v) is 18.8. The van der Waals surface area contributed by atoms with Crippen molar-refractivity contribution in [2.24, 2.45) is 5.92 Å². The van der Waals surface area contributed by atoms with E-state index in [-0.39, 0.29) is 24.3 Å². The van der Waals surface area contributed by atoms with Gasteiger partial charge in [0.25, 0.3) is 5.56 Å². The molecule has 0 fully saturated rings. The van der Waals surface area contributed by atoms with E-state index in [1.807, 2.05) is 18.4 Å². The van der Waals surface area contributed by atoms with Crippen LogP contribution in [0.3, 0.4) is 0 Å². The van der Waals surface area contributed by atoms with E-state index in [0.717, 1.165) is 19.3 Å². The third-order valence-electron chi connectivity index (χ3n) is 4.99. The van der Waals surface area contributed by atoms with Gasteiger partial charge in [0.15, 0.2) is 11.2 Å². The molecule has 9 heteroatoms. The number of carbonyl (C=O) groups is 1. The van der Waals surface area contributed by atoms with Crippen LogP contribution >= 0.6 is 0 Å². The van der Waals surface area contributed by atoms with Crippen LogP contribution in [0.15, 0.2) is 9.59 Å². The summed E-state index contributed by atoms with van der Waals surface area (Å²) in [7, 11) is 1.63. The molecular weight excluding hydrogens is 386 g/mol. The zero-order valence-electron chi connectivity index (χ0n) is 18.8. The standard InChI is InChI=1S/C21H35N5O4/c1-6-7-11-25-19-18(20(28)24-21(25)29)26(13-14(2)3)16(23-19)8-9-17(27)22-15(4)10-12-30-5/h14-15H,6-13H2,1-5H3,(H,22,27)(H,24,28,29). The lowest BCUT2D eigenvalue weighted by Crippen LogP contribution is -2.33. The van der Waals surface area contributed by atoms with Crippen LogP contribution in [0.4, 0.5) is 0 Å². The highest BCUT2D eigenvalue weighted by atomic mass is 16.5. The quantitative estimate of drug-likeness (QED) is 0.543. The van der Waals surface area contributed by atoms with E-state index in [4.69, 9.17) is 4.74 Å². The zero-order chi connectivity index (χ0) is 22.3. The van der Waals surface area contributed by atoms with Gasteiger partial charge in [-0.2, -0.15) is 0 Å². The van der Waals surface area contributed by atoms with Crippen molar-refractivity contribution in [3.8, 4) is 0 Å². The Morgan fingerprint density at radius 3 is 2.60 bits per heavy atom. The number of H-pyrrole nitrogens is 1. The lowest BCUT2D eigenvalue weighted by Gasteiger charge is -2.14. The van der Waals surface area contributed by atoms with Gasteiger partial charge < -0.3 is 14.6 Å². The summed E-state index contributed by atoms with van der Waals surface area (Å²) < 4.78 is 8.44. The van der Waals surface area contributed by atoms with Crippen molar-refractivity contribution in [3.05, 3.63) is 26.7 Å². The molecule has 0 aliphatic heterocycles. The number of hydrogen-bond acceptors (Lipinski definition) is 5. The third-order valence-corrected chi connectivity index (χ3v) is 4.99. The van der Waals surface area contributed by atoms with E-state index >= 15 is 0 Å². The molecule has 0 aliphatic rings. The first-order valence-electron chi connectivity index (χ1n) is 10.8. The summed E-state index contributed by atoms with van der Waals surface area (Å²) >= 11 is 0. The molecule has 1 atom stereocenters. The van der Waals surface area contributed by atoms with Crippen molar-refractivity contribution >= 4 is 17.1 Å². The average molecular weight is 422 g/mol. The molecule has 0 spiro atoms. The Bertz CT molecular complexity index is 957. The summed E-state index contributed by atoms with van der Waals surface area (Å²) in [5.74, 6) is 0.859. The second-order valence-corrected chi connectivity index (χ2v) is 8.22. The monoisotopic (exact) mass is 421 g/mol. The molecule has 30 heavy (non-hydrogen) atoms. The van der Waals surface area contributed by atoms with Crippen molar-refractivity contribution in [1.29, 1.82) is 0 Å². The topological polar surface area (TPSA) is 111 Å². The van der Waals surface area contributed by atoms with Gasteiger partial charge in [0.2, 0.25) is 5.91 Å². The predicted octanol–water partition coefficient (Wildman–Crippen LogP) is 1.82. The number of rotatable bonds is 12. The van der Waals surface area contributed by atoms with Crippen molar-refractivity contribution < 1.29 is 9.53 Å². The van der Waals surface area contributed by atoms with Crippen molar-refractivity contribution in [1.82, 2.24) is 24.4 Å². The number of methoxy groups -OCH3 is 1. The molecule has 0 saturated heterocycles. The summed E-state index contributed by atoms with van der Waals surface area (Å²) in [5.41, 5.74) is -0.0591. The van der Waals surface area contributed by atoms with Gasteiger partial charge in [-0.25, -0.2) is 9.78 Å². The van der Waals surface area contributed by atoms with Crippen LogP contribution in [0.2, 0.25) is 0 Å². The molecule has 0 aliphatic carbocycles. The third kappa shape index (κ3) is 6.04. The van der Waals surface area contributed by atoms with Gasteiger partial charge in [0, 0.05) is 45.7 Å². The minimum atomic E-state index is -0.439. The number of carbonyl (C=O) groups excluding carboxylic acids is 1. The highest BCUT2D eigenvalue weighted by molar-refractivity contribution is 5.76. The Morgan fingerprint density at radius 2 is 1.97 bits per heavy atom. The first-order valence-corrected chi connectivity index (χ1v) is 10.8. The van der Waals surface area contributed by atoms with E-state index in [0.29, 0.717) is 43.1 Å². The highest BCUT2D eigenvalue weighted by Crippen LogP contribution is 2.16. The molecule has 2 N–H and O–H groups in total. The smallest absolute Gasteiger partial charge is 0.330 e. The molecule has 2 aromatic heterocycles. The van der Waals surface area contributed by atoms with Crippen LogP contribution < -0.4 is 16.6 Å². The molecule has 9 nitrogen and oxygen atoms in total. The molecule has 2 aromatic rings. The fourth-order valence-electron chi connectivity index (χ4n) is 3.43. The molecule has 0 bridgehead atoms. The van der Waals surface area contributed by atoms with Crippen molar-refractivity contribution in [2.45, 2.75) is 78.9 Å². The normalized spacial score (nSPS) is 12.6. The fourth-order valence-corrected chi connectivity index (χ4v) is 3.43. The van der Waals surface area contributed by atoms with E-state index in [2.05, 4.69) is 29.1 Å². The van der Waals surface area contributed by atoms with Crippen LogP contribution in [-0.4, -0.2) is 44.8 Å². The van der Waals surface area contributed by atoms with Crippen LogP contribution in [0.5, 0.6) is 0 Å². The lowest BCUT2D eigenvalue weighted by molar-refractivity contribution is -0.121.